The second-order valence-electron chi connectivity index (χ2n) is 31.1. The Bertz CT molecular complexity index is 6980. The first-order valence-electron chi connectivity index (χ1n) is 40.6. The molecule has 41 heteroatoms. The third-order valence-corrected chi connectivity index (χ3v) is 23.6. The number of nitrogens with zero attached hydrogens (tertiary/aromatic N) is 24. The molecule has 0 aliphatic carbocycles. The zero-order chi connectivity index (χ0) is 90.8. The van der Waals surface area contributed by atoms with Gasteiger partial charge in [0.1, 0.15) is 46.7 Å². The number of fused-ring (bicyclic) bond motifs is 5. The van der Waals surface area contributed by atoms with E-state index in [2.05, 4.69) is 95.2 Å². The number of benzene rings is 3. The minimum Gasteiger partial charge on any atom is -0.462 e. The van der Waals surface area contributed by atoms with Gasteiger partial charge in [-0.1, -0.05) is 104 Å². The van der Waals surface area contributed by atoms with Crippen LogP contribution in [0.15, 0.2) is 218 Å². The molecule has 14 aromatic heterocycles. The van der Waals surface area contributed by atoms with E-state index >= 15 is 0 Å². The summed E-state index contributed by atoms with van der Waals surface area (Å²) in [4.78, 5) is 59.2. The number of morpholine rings is 1. The summed E-state index contributed by atoms with van der Waals surface area (Å²) in [5.41, 5.74) is 12.0. The minimum atomic E-state index is -3.70. The largest absolute Gasteiger partial charge is 0.500 e. The second-order valence-corrected chi connectivity index (χ2v) is 34.9. The van der Waals surface area contributed by atoms with E-state index in [0.717, 1.165) is 108 Å². The van der Waals surface area contributed by atoms with E-state index in [0.29, 0.717) is 96.9 Å². The highest BCUT2D eigenvalue weighted by atomic mass is 35.5. The fraction of sp³-hybridized carbons (Fsp3) is 0.304. The summed E-state index contributed by atoms with van der Waals surface area (Å²) in [5.74, 6) is -4.38. The zero-order valence-corrected chi connectivity index (χ0v) is 74.5. The highest BCUT2D eigenvalue weighted by Gasteiger charge is 2.53. The maximum Gasteiger partial charge on any atom is 0.500 e. The van der Waals surface area contributed by atoms with Crippen molar-refractivity contribution in [3.8, 4) is 51.0 Å². The summed E-state index contributed by atoms with van der Waals surface area (Å²) in [7, 11) is -4.11. The van der Waals surface area contributed by atoms with Crippen molar-refractivity contribution in [3.63, 3.8) is 0 Å². The maximum absolute atomic E-state index is 14.4. The molecule has 30 nitrogen and oxygen atoms in total. The van der Waals surface area contributed by atoms with Gasteiger partial charge in [-0.15, -0.1) is 0 Å². The molecule has 694 valence electrons. The molecular weight excluding hydrogens is 1790 g/mol. The molecular formula is C92H100BClF6N24O6S3. The number of hydrogen-bond acceptors (Lipinski definition) is 27. The molecule has 2 aliphatic rings. The molecule has 0 saturated carbocycles. The average Bonchev–Trinajstić information content (AvgIpc) is 1.62. The molecule has 0 N–H and O–H groups in total. The van der Waals surface area contributed by atoms with Crippen molar-refractivity contribution >= 4 is 85.8 Å². The average molecular weight is 1890 g/mol. The zero-order valence-electron chi connectivity index (χ0n) is 71.3. The standard InChI is InChI=1S/C25H26F2N6O2.C20H17F2N5O2S.C20H17F2N5S.C12H16BN3O2.C11H8ClN5S.4CH4/c1-17(20-4-3-18(26)14-22(20)27)13-19-15-23(21-16-29-33-6-2-5-28-24(21)33)31-25(30-19)35-12-9-32-7-10-34-11-8-32;1-12(15-5-4-13(21)9-17(15)22)8-14-10-18(26-20(25-14)30(2,28)29)16-11-24-27-7-3-6-23-19(16)27;1-12(15-5-4-13(21)9-17(15)22)8-14-10-18(26-20(25-14)28-2)16-11-24-27-7-3-6-23-19(16)27;1-11(2)12(3,4)18-13(17-11)9-8-15-16-7-5-6-14-10(9)16;1-18-11-15-8(5-9(12)16-11)7-6-14-17-4-2-3-13-10(7)17;;;;/h2-6,14-17H,7-13H2,1H3;3-7,9-12H,8H2,1-2H3;3-7,9-12H,8H2,1-2H3;5-8H,1-4H3;2-6H,1H3;4*1H4/t17-;2*12-;;;;;;/m111....../s1. The van der Waals surface area contributed by atoms with Gasteiger partial charge in [-0.25, -0.2) is 117 Å². The van der Waals surface area contributed by atoms with E-state index in [1.165, 1.54) is 59.9 Å². The first-order chi connectivity index (χ1) is 62.0. The third kappa shape index (κ3) is 24.0. The van der Waals surface area contributed by atoms with Gasteiger partial charge >= 0.3 is 13.1 Å². The number of thioether (sulfide) groups is 2. The number of hydrogen-bond donors (Lipinski definition) is 0. The predicted octanol–water partition coefficient (Wildman–Crippen LogP) is 17.4. The van der Waals surface area contributed by atoms with Gasteiger partial charge in [0, 0.05) is 135 Å². The van der Waals surface area contributed by atoms with Gasteiger partial charge in [0.15, 0.2) is 38.5 Å². The van der Waals surface area contributed by atoms with Gasteiger partial charge < -0.3 is 18.8 Å². The predicted molar refractivity (Wildman–Crippen MR) is 502 cm³/mol. The van der Waals surface area contributed by atoms with Crippen LogP contribution in [-0.4, -0.2) is 203 Å². The lowest BCUT2D eigenvalue weighted by Gasteiger charge is -2.32. The molecule has 19 rings (SSSR count). The van der Waals surface area contributed by atoms with Crippen molar-refractivity contribution in [2.24, 2.45) is 0 Å². The van der Waals surface area contributed by atoms with Crippen LogP contribution >= 0.6 is 35.1 Å². The lowest BCUT2D eigenvalue weighted by Crippen LogP contribution is -2.41. The van der Waals surface area contributed by atoms with Crippen molar-refractivity contribution < 1.29 is 53.5 Å². The maximum atomic E-state index is 14.4. The molecule has 0 radical (unpaired) electrons. The third-order valence-electron chi connectivity index (χ3n) is 21.5. The summed E-state index contributed by atoms with van der Waals surface area (Å²) in [6.45, 7) is 18.0. The Labute approximate surface area is 779 Å². The van der Waals surface area contributed by atoms with E-state index in [1.807, 2.05) is 103 Å². The van der Waals surface area contributed by atoms with Gasteiger partial charge in [-0.2, -0.15) is 30.5 Å². The molecule has 2 saturated heterocycles. The molecule has 0 amide bonds. The van der Waals surface area contributed by atoms with Crippen LogP contribution in [-0.2, 0) is 43.1 Å². The molecule has 17 aromatic rings. The highest BCUT2D eigenvalue weighted by molar-refractivity contribution is 7.98. The molecule has 0 unspecified atom stereocenters. The van der Waals surface area contributed by atoms with Crippen molar-refractivity contribution in [2.45, 2.75) is 142 Å². The van der Waals surface area contributed by atoms with E-state index < -0.39 is 51.9 Å². The molecule has 3 atom stereocenters. The number of halogens is 7. The number of rotatable bonds is 21. The minimum absolute atomic E-state index is 0. The monoisotopic (exact) mass is 1890 g/mol. The summed E-state index contributed by atoms with van der Waals surface area (Å²) >= 11 is 8.86. The van der Waals surface area contributed by atoms with Crippen LogP contribution in [0.5, 0.6) is 6.01 Å². The molecule has 16 heterocycles. The fourth-order valence-corrected chi connectivity index (χ4v) is 15.7. The number of aromatic nitrogens is 23. The van der Waals surface area contributed by atoms with Gasteiger partial charge in [0.25, 0.3) is 0 Å². The summed E-state index contributed by atoms with van der Waals surface area (Å²) in [6.07, 6.45) is 31.9. The highest BCUT2D eigenvalue weighted by Crippen LogP contribution is 2.38. The first kappa shape index (κ1) is 101. The Morgan fingerprint density at radius 1 is 0.459 bits per heavy atom. The lowest BCUT2D eigenvalue weighted by molar-refractivity contribution is 0.00578. The Hall–Kier alpha value is -12.7. The van der Waals surface area contributed by atoms with Crippen LogP contribution in [0.1, 0.15) is 130 Å². The number of ether oxygens (including phenoxy) is 2. The van der Waals surface area contributed by atoms with E-state index in [9.17, 15) is 34.8 Å². The van der Waals surface area contributed by atoms with Crippen molar-refractivity contribution in [2.75, 3.05) is 58.2 Å². The molecule has 2 fully saturated rings. The van der Waals surface area contributed by atoms with Crippen LogP contribution in [0, 0.1) is 34.9 Å². The van der Waals surface area contributed by atoms with E-state index in [1.54, 1.807) is 128 Å². The number of sulfone groups is 1. The molecule has 0 spiro atoms. The molecule has 133 heavy (non-hydrogen) atoms. The molecule has 0 bridgehead atoms. The van der Waals surface area contributed by atoms with Crippen molar-refractivity contribution in [1.82, 2.24) is 118 Å². The Balaban J connectivity index is 0.000000162. The van der Waals surface area contributed by atoms with Crippen LogP contribution in [0.25, 0.3) is 73.3 Å². The van der Waals surface area contributed by atoms with Crippen LogP contribution in [0.4, 0.5) is 26.3 Å². The van der Waals surface area contributed by atoms with Crippen molar-refractivity contribution in [1.29, 1.82) is 0 Å². The Kier molecular flexibility index (Phi) is 33.5. The summed E-state index contributed by atoms with van der Waals surface area (Å²) in [6, 6.07) is 27.0. The van der Waals surface area contributed by atoms with Gasteiger partial charge in [0.05, 0.1) is 100 Å². The lowest BCUT2D eigenvalue weighted by atomic mass is 9.81. The van der Waals surface area contributed by atoms with Gasteiger partial charge in [-0.3, -0.25) is 4.90 Å². The SMILES string of the molecule is C.C.C.C.CC1(C)OB(c2cnn3cccnc23)OC1(C)C.CSc1nc(C[C@@H](C)c2ccc(F)cc2F)cc(-c2cnn3cccnc23)n1.CSc1nc(Cl)cc(-c2cnn3cccnc23)n1.C[C@H](Cc1cc(-c2cnn3cccnc23)nc(OCCN2CCOCC2)n1)c1ccc(F)cc1F.C[C@H](Cc1cc(-c2cnn3cccnc23)nc(S(C)(=O)=O)n1)c1ccc(F)cc1F. The Morgan fingerprint density at radius 3 is 1.21 bits per heavy atom. The quantitative estimate of drug-likeness (QED) is 0.0212. The molecule has 3 aromatic carbocycles. The summed E-state index contributed by atoms with van der Waals surface area (Å²) in [5, 5.41) is 22.7. The molecule has 2 aliphatic heterocycles. The second kappa shape index (κ2) is 44.2. The van der Waals surface area contributed by atoms with Gasteiger partial charge in [-0.05, 0) is 161 Å². The van der Waals surface area contributed by atoms with E-state index in [4.69, 9.17) is 30.4 Å². The Morgan fingerprint density at radius 2 is 0.812 bits per heavy atom. The van der Waals surface area contributed by atoms with Crippen LogP contribution in [0.2, 0.25) is 5.15 Å². The smallest absolute Gasteiger partial charge is 0.462 e. The first-order valence-corrected chi connectivity index (χ1v) is 45.3. The van der Waals surface area contributed by atoms with Crippen LogP contribution in [0.3, 0.4) is 0 Å². The summed E-state index contributed by atoms with van der Waals surface area (Å²) < 4.78 is 138. The normalized spacial score (nSPS) is 14.0. The van der Waals surface area contributed by atoms with E-state index in [-0.39, 0.29) is 76.3 Å². The topological polar surface area (TPSA) is 328 Å². The van der Waals surface area contributed by atoms with Crippen LogP contribution < -0.4 is 10.2 Å². The van der Waals surface area contributed by atoms with Gasteiger partial charge in [0.2, 0.25) is 15.0 Å². The van der Waals surface area contributed by atoms with Crippen molar-refractivity contribution in [3.05, 3.63) is 276 Å². The fourth-order valence-electron chi connectivity index (χ4n) is 14.2.